The van der Waals surface area contributed by atoms with E-state index < -0.39 is 0 Å². The second kappa shape index (κ2) is 4.61. The van der Waals surface area contributed by atoms with E-state index in [2.05, 4.69) is 20.9 Å². The van der Waals surface area contributed by atoms with Gasteiger partial charge >= 0.3 is 0 Å². The minimum atomic E-state index is -0.237. The van der Waals surface area contributed by atoms with Gasteiger partial charge in [-0.25, -0.2) is 9.37 Å². The van der Waals surface area contributed by atoms with E-state index in [1.54, 1.807) is 12.1 Å². The summed E-state index contributed by atoms with van der Waals surface area (Å²) in [4.78, 5) is 6.21. The first-order valence-electron chi connectivity index (χ1n) is 4.78. The Bertz CT molecular complexity index is 485. The van der Waals surface area contributed by atoms with Crippen LogP contribution in [0.1, 0.15) is 0 Å². The van der Waals surface area contributed by atoms with Gasteiger partial charge in [0.2, 0.25) is 0 Å². The third-order valence-electron chi connectivity index (χ3n) is 2.26. The molecule has 1 aromatic carbocycles. The molecule has 0 saturated carbocycles. The fourth-order valence-corrected chi connectivity index (χ4v) is 1.72. The van der Waals surface area contributed by atoms with Gasteiger partial charge < -0.3 is 4.90 Å². The summed E-state index contributed by atoms with van der Waals surface area (Å²) < 4.78 is 13.6. The Labute approximate surface area is 102 Å². The van der Waals surface area contributed by atoms with Gasteiger partial charge in [-0.15, -0.1) is 0 Å². The number of hydrogen-bond acceptors (Lipinski definition) is 2. The lowest BCUT2D eigenvalue weighted by Crippen LogP contribution is -2.10. The minimum absolute atomic E-state index is 0.237. The molecule has 0 unspecified atom stereocenters. The zero-order valence-corrected chi connectivity index (χ0v) is 10.3. The highest BCUT2D eigenvalue weighted by Crippen LogP contribution is 2.22. The maximum absolute atomic E-state index is 12.8. The van der Waals surface area contributed by atoms with Crippen molar-refractivity contribution in [2.24, 2.45) is 0 Å². The molecule has 0 N–H and O–H groups in total. The standard InChI is InChI=1S/C12H10BrFN2/c1-16(10-7-5-9(14)6-8-10)12-4-2-3-11(13)15-12/h2-8H,1H3. The first-order chi connectivity index (χ1) is 7.66. The molecule has 1 heterocycles. The lowest BCUT2D eigenvalue weighted by Gasteiger charge is -2.18. The summed E-state index contributed by atoms with van der Waals surface area (Å²) in [6, 6.07) is 12.0. The van der Waals surface area contributed by atoms with Crippen LogP contribution >= 0.6 is 15.9 Å². The molecule has 0 aliphatic rings. The summed E-state index contributed by atoms with van der Waals surface area (Å²) in [6.07, 6.45) is 0. The monoisotopic (exact) mass is 280 g/mol. The average Bonchev–Trinajstić information content (AvgIpc) is 2.29. The average molecular weight is 281 g/mol. The van der Waals surface area contributed by atoms with Crippen molar-refractivity contribution in [1.29, 1.82) is 0 Å². The van der Waals surface area contributed by atoms with E-state index in [1.807, 2.05) is 30.1 Å². The molecule has 0 amide bonds. The first-order valence-corrected chi connectivity index (χ1v) is 5.58. The third-order valence-corrected chi connectivity index (χ3v) is 2.70. The second-order valence-corrected chi connectivity index (χ2v) is 4.17. The van der Waals surface area contributed by atoms with E-state index in [0.717, 1.165) is 16.1 Å². The van der Waals surface area contributed by atoms with Crippen LogP contribution in [0.2, 0.25) is 0 Å². The van der Waals surface area contributed by atoms with E-state index in [0.29, 0.717) is 0 Å². The summed E-state index contributed by atoms with van der Waals surface area (Å²) in [6.45, 7) is 0. The highest BCUT2D eigenvalue weighted by Gasteiger charge is 2.05. The van der Waals surface area contributed by atoms with Crippen molar-refractivity contribution in [2.45, 2.75) is 0 Å². The Balaban J connectivity index is 2.31. The number of pyridine rings is 1. The van der Waals surface area contributed by atoms with E-state index in [4.69, 9.17) is 0 Å². The van der Waals surface area contributed by atoms with Crippen molar-refractivity contribution in [3.05, 3.63) is 52.9 Å². The predicted octanol–water partition coefficient (Wildman–Crippen LogP) is 3.75. The molecule has 0 atom stereocenters. The molecule has 0 aliphatic carbocycles. The molecule has 0 bridgehead atoms. The zero-order valence-electron chi connectivity index (χ0n) is 8.69. The number of aromatic nitrogens is 1. The number of rotatable bonds is 2. The smallest absolute Gasteiger partial charge is 0.134 e. The van der Waals surface area contributed by atoms with Crippen LogP contribution in [0.3, 0.4) is 0 Å². The molecule has 0 saturated heterocycles. The van der Waals surface area contributed by atoms with Gasteiger partial charge in [0.15, 0.2) is 0 Å². The van der Waals surface area contributed by atoms with E-state index in [1.165, 1.54) is 12.1 Å². The number of anilines is 2. The Kier molecular flexibility index (Phi) is 3.19. The molecule has 82 valence electrons. The predicted molar refractivity (Wildman–Crippen MR) is 66.4 cm³/mol. The summed E-state index contributed by atoms with van der Waals surface area (Å²) in [7, 11) is 1.89. The lowest BCUT2D eigenvalue weighted by molar-refractivity contribution is 0.628. The van der Waals surface area contributed by atoms with Crippen molar-refractivity contribution in [3.8, 4) is 0 Å². The van der Waals surface area contributed by atoms with Gasteiger partial charge in [-0.2, -0.15) is 0 Å². The Morgan fingerprint density at radius 3 is 2.44 bits per heavy atom. The maximum Gasteiger partial charge on any atom is 0.134 e. The van der Waals surface area contributed by atoms with Crippen LogP contribution in [-0.4, -0.2) is 12.0 Å². The van der Waals surface area contributed by atoms with Crippen molar-refractivity contribution in [3.63, 3.8) is 0 Å². The Morgan fingerprint density at radius 1 is 1.12 bits per heavy atom. The number of hydrogen-bond donors (Lipinski definition) is 0. The highest BCUT2D eigenvalue weighted by molar-refractivity contribution is 9.10. The van der Waals surface area contributed by atoms with Gasteiger partial charge in [-0.3, -0.25) is 0 Å². The molecule has 0 spiro atoms. The second-order valence-electron chi connectivity index (χ2n) is 3.35. The fraction of sp³-hybridized carbons (Fsp3) is 0.0833. The first kappa shape index (κ1) is 11.1. The molecular weight excluding hydrogens is 271 g/mol. The van der Waals surface area contributed by atoms with Gasteiger partial charge in [0.05, 0.1) is 0 Å². The lowest BCUT2D eigenvalue weighted by atomic mass is 10.3. The Morgan fingerprint density at radius 2 is 1.81 bits per heavy atom. The third kappa shape index (κ3) is 2.39. The number of nitrogens with zero attached hydrogens (tertiary/aromatic N) is 2. The normalized spacial score (nSPS) is 10.2. The van der Waals surface area contributed by atoms with Gasteiger partial charge in [0.1, 0.15) is 16.2 Å². The largest absolute Gasteiger partial charge is 0.329 e. The summed E-state index contributed by atoms with van der Waals surface area (Å²) in [5.74, 6) is 0.570. The quantitative estimate of drug-likeness (QED) is 0.779. The van der Waals surface area contributed by atoms with Crippen molar-refractivity contribution >= 4 is 27.4 Å². The molecule has 0 fully saturated rings. The molecule has 0 aliphatic heterocycles. The van der Waals surface area contributed by atoms with E-state index in [9.17, 15) is 4.39 Å². The Hall–Kier alpha value is -1.42. The van der Waals surface area contributed by atoms with Gasteiger partial charge in [-0.1, -0.05) is 6.07 Å². The van der Waals surface area contributed by atoms with Crippen LogP contribution in [0.5, 0.6) is 0 Å². The van der Waals surface area contributed by atoms with Gasteiger partial charge in [0.25, 0.3) is 0 Å². The maximum atomic E-state index is 12.8. The molecule has 2 aromatic rings. The van der Waals surface area contributed by atoms with Crippen molar-refractivity contribution in [1.82, 2.24) is 4.98 Å². The topological polar surface area (TPSA) is 16.1 Å². The zero-order chi connectivity index (χ0) is 11.5. The molecule has 0 radical (unpaired) electrons. The highest BCUT2D eigenvalue weighted by atomic mass is 79.9. The summed E-state index contributed by atoms with van der Waals surface area (Å²) >= 11 is 3.32. The van der Waals surface area contributed by atoms with Crippen LogP contribution < -0.4 is 4.90 Å². The van der Waals surface area contributed by atoms with E-state index in [-0.39, 0.29) is 5.82 Å². The molecular formula is C12H10BrFN2. The van der Waals surface area contributed by atoms with Crippen LogP contribution in [0.25, 0.3) is 0 Å². The van der Waals surface area contributed by atoms with Gasteiger partial charge in [-0.05, 0) is 52.3 Å². The molecule has 2 rings (SSSR count). The molecule has 4 heteroatoms. The van der Waals surface area contributed by atoms with Crippen LogP contribution in [0.15, 0.2) is 47.1 Å². The van der Waals surface area contributed by atoms with Crippen LogP contribution in [0, 0.1) is 5.82 Å². The van der Waals surface area contributed by atoms with Crippen molar-refractivity contribution < 1.29 is 4.39 Å². The van der Waals surface area contributed by atoms with Gasteiger partial charge in [0, 0.05) is 12.7 Å². The molecule has 16 heavy (non-hydrogen) atoms. The number of benzene rings is 1. The molecule has 1 aromatic heterocycles. The minimum Gasteiger partial charge on any atom is -0.329 e. The fourth-order valence-electron chi connectivity index (χ4n) is 1.38. The number of halogens is 2. The molecule has 2 nitrogen and oxygen atoms in total. The van der Waals surface area contributed by atoms with Crippen molar-refractivity contribution in [2.75, 3.05) is 11.9 Å². The SMILES string of the molecule is CN(c1ccc(F)cc1)c1cccc(Br)n1. The van der Waals surface area contributed by atoms with E-state index >= 15 is 0 Å². The summed E-state index contributed by atoms with van der Waals surface area (Å²) in [5, 5.41) is 0. The van der Waals surface area contributed by atoms with Crippen LogP contribution in [-0.2, 0) is 0 Å². The van der Waals surface area contributed by atoms with Crippen LogP contribution in [0.4, 0.5) is 15.9 Å². The summed E-state index contributed by atoms with van der Waals surface area (Å²) in [5.41, 5.74) is 0.895.